The van der Waals surface area contributed by atoms with Gasteiger partial charge >= 0.3 is 0 Å². The first-order valence-electron chi connectivity index (χ1n) is 8.67. The molecule has 0 aliphatic carbocycles. The quantitative estimate of drug-likeness (QED) is 0.838. The van der Waals surface area contributed by atoms with Crippen LogP contribution >= 0.6 is 0 Å². The number of hydrogen-bond acceptors (Lipinski definition) is 3. The highest BCUT2D eigenvalue weighted by molar-refractivity contribution is 5.86. The molecular formula is C20H24FN3O. The Morgan fingerprint density at radius 2 is 1.92 bits per heavy atom. The molecule has 132 valence electrons. The minimum absolute atomic E-state index is 0.0490. The van der Waals surface area contributed by atoms with E-state index < -0.39 is 0 Å². The molecule has 1 heterocycles. The summed E-state index contributed by atoms with van der Waals surface area (Å²) in [5.41, 5.74) is 9.93. The summed E-state index contributed by atoms with van der Waals surface area (Å²) < 4.78 is 13.1. The predicted molar refractivity (Wildman–Crippen MR) is 98.9 cm³/mol. The van der Waals surface area contributed by atoms with Gasteiger partial charge in [0.2, 0.25) is 5.91 Å². The molecule has 0 bridgehead atoms. The highest BCUT2D eigenvalue weighted by atomic mass is 19.1. The summed E-state index contributed by atoms with van der Waals surface area (Å²) in [7, 11) is 0. The average Bonchev–Trinajstić information content (AvgIpc) is 2.61. The van der Waals surface area contributed by atoms with Crippen LogP contribution in [0.4, 0.5) is 15.8 Å². The van der Waals surface area contributed by atoms with E-state index in [0.717, 1.165) is 41.9 Å². The zero-order chi connectivity index (χ0) is 18.0. The number of carbonyl (C=O) groups excluding carboxylic acids is 1. The molecule has 2 aromatic carbocycles. The first kappa shape index (κ1) is 17.3. The fourth-order valence-corrected chi connectivity index (χ4v) is 3.39. The van der Waals surface area contributed by atoms with E-state index >= 15 is 0 Å². The number of nitrogens with two attached hydrogens (primary N) is 1. The smallest absolute Gasteiger partial charge is 0.242 e. The first-order valence-corrected chi connectivity index (χ1v) is 8.67. The molecule has 0 saturated heterocycles. The van der Waals surface area contributed by atoms with Gasteiger partial charge in [0.25, 0.3) is 0 Å². The minimum Gasteiger partial charge on any atom is -0.398 e. The van der Waals surface area contributed by atoms with E-state index in [4.69, 9.17) is 5.73 Å². The van der Waals surface area contributed by atoms with Crippen molar-refractivity contribution in [2.24, 2.45) is 0 Å². The van der Waals surface area contributed by atoms with Crippen LogP contribution in [0.5, 0.6) is 0 Å². The van der Waals surface area contributed by atoms with Gasteiger partial charge in [0.1, 0.15) is 11.9 Å². The Morgan fingerprint density at radius 1 is 1.20 bits per heavy atom. The van der Waals surface area contributed by atoms with Gasteiger partial charge in [-0.3, -0.25) is 4.79 Å². The normalized spacial score (nSPS) is 16.0. The van der Waals surface area contributed by atoms with Gasteiger partial charge in [-0.25, -0.2) is 4.39 Å². The zero-order valence-corrected chi connectivity index (χ0v) is 14.6. The molecule has 0 aromatic heterocycles. The average molecular weight is 341 g/mol. The van der Waals surface area contributed by atoms with Crippen LogP contribution in [0.3, 0.4) is 0 Å². The van der Waals surface area contributed by atoms with Gasteiger partial charge in [-0.1, -0.05) is 18.2 Å². The predicted octanol–water partition coefficient (Wildman–Crippen LogP) is 3.43. The van der Waals surface area contributed by atoms with Crippen molar-refractivity contribution < 1.29 is 9.18 Å². The van der Waals surface area contributed by atoms with Crippen LogP contribution in [-0.4, -0.2) is 18.5 Å². The fraction of sp³-hybridized carbons (Fsp3) is 0.350. The lowest BCUT2D eigenvalue weighted by Gasteiger charge is -2.36. The molecule has 2 atom stereocenters. The topological polar surface area (TPSA) is 58.4 Å². The Balaban J connectivity index is 1.73. The number of nitrogen functional groups attached to an aromatic ring is 1. The van der Waals surface area contributed by atoms with E-state index in [1.54, 1.807) is 12.1 Å². The van der Waals surface area contributed by atoms with Gasteiger partial charge in [0, 0.05) is 17.9 Å². The number of carbonyl (C=O) groups is 1. The van der Waals surface area contributed by atoms with Crippen molar-refractivity contribution in [3.63, 3.8) is 0 Å². The molecule has 5 heteroatoms. The summed E-state index contributed by atoms with van der Waals surface area (Å²) >= 11 is 0. The lowest BCUT2D eigenvalue weighted by Crippen LogP contribution is -2.47. The highest BCUT2D eigenvalue weighted by Crippen LogP contribution is 2.32. The van der Waals surface area contributed by atoms with E-state index in [1.807, 2.05) is 32.0 Å². The van der Waals surface area contributed by atoms with Crippen LogP contribution in [0.2, 0.25) is 0 Å². The van der Waals surface area contributed by atoms with Crippen molar-refractivity contribution in [3.05, 3.63) is 59.4 Å². The molecule has 3 rings (SSSR count). The summed E-state index contributed by atoms with van der Waals surface area (Å²) in [6, 6.07) is 11.6. The number of fused-ring (bicyclic) bond motifs is 1. The Bertz CT molecular complexity index is 760. The number of rotatable bonds is 4. The maximum absolute atomic E-state index is 13.1. The third-order valence-electron chi connectivity index (χ3n) is 4.90. The van der Waals surface area contributed by atoms with Crippen molar-refractivity contribution in [1.29, 1.82) is 0 Å². The Hall–Kier alpha value is -2.56. The second-order valence-corrected chi connectivity index (χ2v) is 6.60. The van der Waals surface area contributed by atoms with Crippen LogP contribution in [0.25, 0.3) is 0 Å². The number of amides is 1. The van der Waals surface area contributed by atoms with Crippen LogP contribution in [0.1, 0.15) is 37.4 Å². The minimum atomic E-state index is -0.302. The fourth-order valence-electron chi connectivity index (χ4n) is 3.39. The second-order valence-electron chi connectivity index (χ2n) is 6.60. The number of benzene rings is 2. The van der Waals surface area contributed by atoms with E-state index in [2.05, 4.69) is 10.2 Å². The molecule has 0 spiro atoms. The van der Waals surface area contributed by atoms with E-state index in [1.165, 1.54) is 12.1 Å². The molecule has 2 unspecified atom stereocenters. The molecule has 25 heavy (non-hydrogen) atoms. The summed E-state index contributed by atoms with van der Waals surface area (Å²) in [6.45, 7) is 4.64. The number of anilines is 2. The van der Waals surface area contributed by atoms with Crippen LogP contribution < -0.4 is 16.0 Å². The lowest BCUT2D eigenvalue weighted by atomic mass is 9.98. The summed E-state index contributed by atoms with van der Waals surface area (Å²) in [5.74, 6) is -0.328. The van der Waals surface area contributed by atoms with Crippen molar-refractivity contribution in [2.75, 3.05) is 17.2 Å². The van der Waals surface area contributed by atoms with Crippen LogP contribution in [0.15, 0.2) is 42.5 Å². The molecule has 0 saturated carbocycles. The molecule has 1 aliphatic heterocycles. The van der Waals surface area contributed by atoms with Gasteiger partial charge < -0.3 is 16.0 Å². The van der Waals surface area contributed by atoms with Gasteiger partial charge in [-0.05, 0) is 62.1 Å². The van der Waals surface area contributed by atoms with Crippen molar-refractivity contribution in [1.82, 2.24) is 5.32 Å². The Labute approximate surface area is 147 Å². The third-order valence-corrected chi connectivity index (χ3v) is 4.90. The third kappa shape index (κ3) is 3.60. The molecule has 0 radical (unpaired) electrons. The molecule has 1 aliphatic rings. The highest BCUT2D eigenvalue weighted by Gasteiger charge is 2.27. The summed E-state index contributed by atoms with van der Waals surface area (Å²) in [5, 5.41) is 3.02. The van der Waals surface area contributed by atoms with Crippen molar-refractivity contribution in [3.8, 4) is 0 Å². The number of nitrogens with one attached hydrogen (secondary N) is 1. The van der Waals surface area contributed by atoms with Crippen molar-refractivity contribution in [2.45, 2.75) is 38.8 Å². The Morgan fingerprint density at radius 3 is 2.64 bits per heavy atom. The first-order chi connectivity index (χ1) is 12.0. The maximum Gasteiger partial charge on any atom is 0.242 e. The van der Waals surface area contributed by atoms with Gasteiger partial charge in [-0.2, -0.15) is 0 Å². The monoisotopic (exact) mass is 341 g/mol. The second kappa shape index (κ2) is 7.13. The number of halogens is 1. The molecule has 0 fully saturated rings. The van der Waals surface area contributed by atoms with Gasteiger partial charge in [0.15, 0.2) is 0 Å². The van der Waals surface area contributed by atoms with E-state index in [0.29, 0.717) is 0 Å². The lowest BCUT2D eigenvalue weighted by molar-refractivity contribution is -0.122. The van der Waals surface area contributed by atoms with Gasteiger partial charge in [-0.15, -0.1) is 0 Å². The number of nitrogens with zero attached hydrogens (tertiary/aromatic N) is 1. The largest absolute Gasteiger partial charge is 0.398 e. The molecule has 1 amide bonds. The molecular weight excluding hydrogens is 317 g/mol. The maximum atomic E-state index is 13.1. The number of hydrogen-bond donors (Lipinski definition) is 2. The Kier molecular flexibility index (Phi) is 4.93. The molecule has 2 aromatic rings. The summed E-state index contributed by atoms with van der Waals surface area (Å²) in [4.78, 5) is 14.8. The van der Waals surface area contributed by atoms with Gasteiger partial charge in [0.05, 0.1) is 6.04 Å². The summed E-state index contributed by atoms with van der Waals surface area (Å²) in [6.07, 6.45) is 1.92. The SMILES string of the molecule is CC(NC(=O)C(C)N1CCCc2c(N)cccc21)c1ccc(F)cc1. The standard InChI is InChI=1S/C20H24FN3O/c1-13(15-8-10-16(21)11-9-15)23-20(25)14(2)24-12-4-5-17-18(22)6-3-7-19(17)24/h3,6-11,13-14H,4-5,12,22H2,1-2H3,(H,23,25). The van der Waals surface area contributed by atoms with Crippen LogP contribution in [-0.2, 0) is 11.2 Å². The zero-order valence-electron chi connectivity index (χ0n) is 14.6. The van der Waals surface area contributed by atoms with E-state index in [-0.39, 0.29) is 23.8 Å². The van der Waals surface area contributed by atoms with Crippen LogP contribution in [0, 0.1) is 5.82 Å². The van der Waals surface area contributed by atoms with E-state index in [9.17, 15) is 9.18 Å². The molecule has 3 N–H and O–H groups in total. The van der Waals surface area contributed by atoms with Crippen molar-refractivity contribution >= 4 is 17.3 Å². The molecule has 4 nitrogen and oxygen atoms in total.